The summed E-state index contributed by atoms with van der Waals surface area (Å²) in [6.45, 7) is 4.40. The van der Waals surface area contributed by atoms with Crippen molar-refractivity contribution in [2.75, 3.05) is 0 Å². The molecule has 0 saturated heterocycles. The van der Waals surface area contributed by atoms with E-state index in [4.69, 9.17) is 9.47 Å². The Labute approximate surface area is 263 Å². The van der Waals surface area contributed by atoms with E-state index in [1.165, 1.54) is 51.4 Å². The number of benzene rings is 3. The van der Waals surface area contributed by atoms with Gasteiger partial charge in [-0.25, -0.2) is 0 Å². The summed E-state index contributed by atoms with van der Waals surface area (Å²) >= 11 is 0. The second-order valence-electron chi connectivity index (χ2n) is 11.2. The molecule has 0 aliphatic rings. The number of carbonyl (C=O) groups is 2. The number of hydrogen-bond acceptors (Lipinski definition) is 6. The van der Waals surface area contributed by atoms with Gasteiger partial charge in [0.15, 0.2) is 0 Å². The minimum Gasteiger partial charge on any atom is -0.427 e. The first-order valence-corrected chi connectivity index (χ1v) is 16.4. The number of rotatable bonds is 20. The Morgan fingerprint density at radius 2 is 0.932 bits per heavy atom. The third kappa shape index (κ3) is 14.4. The Morgan fingerprint density at radius 1 is 0.545 bits per heavy atom. The van der Waals surface area contributed by atoms with Crippen LogP contribution in [0.5, 0.6) is 11.5 Å². The Balaban J connectivity index is 1.42. The third-order valence-corrected chi connectivity index (χ3v) is 7.25. The maximum Gasteiger partial charge on any atom is 0.311 e. The molecule has 3 aromatic rings. The monoisotopic (exact) mass is 596 g/mol. The topological polar surface area (TPSA) is 77.3 Å². The molecule has 3 rings (SSSR count). The van der Waals surface area contributed by atoms with Crippen LogP contribution in [0.15, 0.2) is 82.8 Å². The number of nitrogens with zero attached hydrogens (tertiary/aromatic N) is 2. The maximum absolute atomic E-state index is 12.1. The number of aliphatic imine (C=N–C) groups is 2. The molecule has 0 aliphatic carbocycles. The molecule has 0 saturated carbocycles. The molecule has 0 radical (unpaired) electrons. The van der Waals surface area contributed by atoms with E-state index in [2.05, 4.69) is 23.8 Å². The lowest BCUT2D eigenvalue weighted by molar-refractivity contribution is -0.135. The van der Waals surface area contributed by atoms with Gasteiger partial charge >= 0.3 is 11.9 Å². The van der Waals surface area contributed by atoms with Gasteiger partial charge in [-0.2, -0.15) is 0 Å². The molecule has 0 amide bonds. The fraction of sp³-hybridized carbons (Fsp3) is 0.421. The summed E-state index contributed by atoms with van der Waals surface area (Å²) in [4.78, 5) is 33.4. The van der Waals surface area contributed by atoms with E-state index in [-0.39, 0.29) is 11.9 Å². The number of unbranched alkanes of at least 4 members (excludes halogenated alkanes) is 10. The lowest BCUT2D eigenvalue weighted by atomic mass is 10.1. The highest BCUT2D eigenvalue weighted by molar-refractivity contribution is 5.84. The van der Waals surface area contributed by atoms with Gasteiger partial charge in [-0.1, -0.05) is 84.1 Å². The third-order valence-electron chi connectivity index (χ3n) is 7.25. The standard InChI is InChI=1S/C38H48N2O4/c1-3-5-7-9-11-13-18-37(41)43-35-24-20-31(21-25-35)29-39-33-16-15-17-34(28-33)40-30-32-22-26-36(27-23-32)44-38(42)19-14-12-10-8-6-4-2/h15-17,20-30H,3-14,18-19H2,1-2H3. The summed E-state index contributed by atoms with van der Waals surface area (Å²) in [5, 5.41) is 0. The fourth-order valence-electron chi connectivity index (χ4n) is 4.66. The van der Waals surface area contributed by atoms with Crippen molar-refractivity contribution in [2.24, 2.45) is 9.98 Å². The SMILES string of the molecule is CCCCCCCCC(=O)Oc1ccc(C=Nc2cccc(N=Cc3ccc(OC(=O)CCCCCCCC)cc3)c2)cc1. The smallest absolute Gasteiger partial charge is 0.311 e. The summed E-state index contributed by atoms with van der Waals surface area (Å²) in [6, 6.07) is 22.4. The highest BCUT2D eigenvalue weighted by Gasteiger charge is 2.06. The largest absolute Gasteiger partial charge is 0.427 e. The molecule has 0 bridgehead atoms. The quantitative estimate of drug-likeness (QED) is 0.0562. The van der Waals surface area contributed by atoms with Gasteiger partial charge in [-0.05, 0) is 90.7 Å². The molecule has 0 heterocycles. The average molecular weight is 597 g/mol. The van der Waals surface area contributed by atoms with Crippen molar-refractivity contribution >= 4 is 35.7 Å². The molecular weight excluding hydrogens is 548 g/mol. The zero-order chi connectivity index (χ0) is 31.2. The van der Waals surface area contributed by atoms with Gasteiger partial charge in [0.1, 0.15) is 11.5 Å². The van der Waals surface area contributed by atoms with Gasteiger partial charge in [0.25, 0.3) is 0 Å². The first-order valence-electron chi connectivity index (χ1n) is 16.4. The van der Waals surface area contributed by atoms with Crippen LogP contribution in [-0.4, -0.2) is 24.4 Å². The van der Waals surface area contributed by atoms with Crippen molar-refractivity contribution < 1.29 is 19.1 Å². The molecule has 0 fully saturated rings. The summed E-state index contributed by atoms with van der Waals surface area (Å²) in [6.07, 6.45) is 18.1. The van der Waals surface area contributed by atoms with Crippen LogP contribution in [0.4, 0.5) is 11.4 Å². The number of hydrogen-bond donors (Lipinski definition) is 0. The molecule has 0 spiro atoms. The molecule has 0 unspecified atom stereocenters. The molecule has 3 aromatic carbocycles. The zero-order valence-electron chi connectivity index (χ0n) is 26.5. The van der Waals surface area contributed by atoms with Gasteiger partial charge in [-0.3, -0.25) is 19.6 Å². The highest BCUT2D eigenvalue weighted by atomic mass is 16.5. The van der Waals surface area contributed by atoms with Crippen molar-refractivity contribution in [2.45, 2.75) is 104 Å². The first kappa shape index (κ1) is 34.4. The van der Waals surface area contributed by atoms with E-state index in [9.17, 15) is 9.59 Å². The van der Waals surface area contributed by atoms with Crippen LogP contribution in [0.1, 0.15) is 115 Å². The minimum absolute atomic E-state index is 0.183. The number of carbonyl (C=O) groups excluding carboxylic acids is 2. The maximum atomic E-state index is 12.1. The van der Waals surface area contributed by atoms with E-state index in [0.717, 1.165) is 48.2 Å². The van der Waals surface area contributed by atoms with Crippen LogP contribution >= 0.6 is 0 Å². The molecule has 6 heteroatoms. The van der Waals surface area contributed by atoms with Gasteiger partial charge in [0.05, 0.1) is 11.4 Å². The summed E-state index contributed by atoms with van der Waals surface area (Å²) in [7, 11) is 0. The summed E-state index contributed by atoms with van der Waals surface area (Å²) in [5.41, 5.74) is 3.37. The molecule has 0 atom stereocenters. The van der Waals surface area contributed by atoms with Crippen molar-refractivity contribution in [3.63, 3.8) is 0 Å². The zero-order valence-corrected chi connectivity index (χ0v) is 26.5. The fourth-order valence-corrected chi connectivity index (χ4v) is 4.66. The minimum atomic E-state index is -0.183. The van der Waals surface area contributed by atoms with Crippen LogP contribution in [0, 0.1) is 0 Å². The van der Waals surface area contributed by atoms with Gasteiger partial charge in [-0.15, -0.1) is 0 Å². The van der Waals surface area contributed by atoms with Crippen LogP contribution in [-0.2, 0) is 9.59 Å². The predicted octanol–water partition coefficient (Wildman–Crippen LogP) is 10.5. The van der Waals surface area contributed by atoms with Crippen LogP contribution in [0.25, 0.3) is 0 Å². The molecular formula is C38H48N2O4. The predicted molar refractivity (Wildman–Crippen MR) is 181 cm³/mol. The Bertz CT molecular complexity index is 1210. The lowest BCUT2D eigenvalue weighted by Gasteiger charge is -2.05. The summed E-state index contributed by atoms with van der Waals surface area (Å²) in [5.74, 6) is 0.734. The van der Waals surface area contributed by atoms with E-state index in [0.29, 0.717) is 24.3 Å². The highest BCUT2D eigenvalue weighted by Crippen LogP contribution is 2.22. The Kier molecular flexibility index (Phi) is 16.3. The van der Waals surface area contributed by atoms with E-state index in [1.807, 2.05) is 48.5 Å². The second-order valence-corrected chi connectivity index (χ2v) is 11.2. The van der Waals surface area contributed by atoms with E-state index < -0.39 is 0 Å². The van der Waals surface area contributed by atoms with Gasteiger partial charge in [0.2, 0.25) is 0 Å². The van der Waals surface area contributed by atoms with Crippen molar-refractivity contribution in [3.8, 4) is 11.5 Å². The normalized spacial score (nSPS) is 11.3. The first-order chi connectivity index (χ1) is 21.6. The van der Waals surface area contributed by atoms with Crippen LogP contribution in [0.3, 0.4) is 0 Å². The molecule has 0 aliphatic heterocycles. The lowest BCUT2D eigenvalue weighted by Crippen LogP contribution is -2.07. The Morgan fingerprint density at radius 3 is 1.34 bits per heavy atom. The molecule has 234 valence electrons. The second kappa shape index (κ2) is 20.8. The molecule has 44 heavy (non-hydrogen) atoms. The number of ether oxygens (including phenoxy) is 2. The molecule has 0 N–H and O–H groups in total. The average Bonchev–Trinajstić information content (AvgIpc) is 3.04. The Hall–Kier alpha value is -4.06. The number of esters is 2. The van der Waals surface area contributed by atoms with Crippen molar-refractivity contribution in [3.05, 3.63) is 83.9 Å². The van der Waals surface area contributed by atoms with Crippen LogP contribution < -0.4 is 9.47 Å². The van der Waals surface area contributed by atoms with Gasteiger partial charge < -0.3 is 9.47 Å². The van der Waals surface area contributed by atoms with Crippen molar-refractivity contribution in [1.82, 2.24) is 0 Å². The van der Waals surface area contributed by atoms with E-state index >= 15 is 0 Å². The van der Waals surface area contributed by atoms with Crippen LogP contribution in [0.2, 0.25) is 0 Å². The van der Waals surface area contributed by atoms with Gasteiger partial charge in [0, 0.05) is 25.3 Å². The van der Waals surface area contributed by atoms with E-state index in [1.54, 1.807) is 36.7 Å². The van der Waals surface area contributed by atoms with Crippen molar-refractivity contribution in [1.29, 1.82) is 0 Å². The summed E-state index contributed by atoms with van der Waals surface area (Å²) < 4.78 is 10.9. The molecule has 0 aromatic heterocycles. The molecule has 6 nitrogen and oxygen atoms in total.